The average molecular weight is 427 g/mol. The number of amides is 1. The zero-order chi connectivity index (χ0) is 21.7. The van der Waals surface area contributed by atoms with E-state index in [0.717, 1.165) is 6.42 Å². The Morgan fingerprint density at radius 3 is 2.37 bits per heavy atom. The van der Waals surface area contributed by atoms with Crippen LogP contribution < -0.4 is 5.32 Å². The number of aromatic nitrogens is 1. The van der Waals surface area contributed by atoms with Gasteiger partial charge in [-0.2, -0.15) is 0 Å². The zero-order valence-electron chi connectivity index (χ0n) is 17.4. The van der Waals surface area contributed by atoms with E-state index in [1.54, 1.807) is 61.5 Å². The van der Waals surface area contributed by atoms with Crippen LogP contribution in [0, 0.1) is 12.8 Å². The van der Waals surface area contributed by atoms with Gasteiger partial charge in [0.05, 0.1) is 10.6 Å². The van der Waals surface area contributed by atoms with E-state index in [1.807, 2.05) is 0 Å². The highest BCUT2D eigenvalue weighted by Crippen LogP contribution is 2.25. The highest BCUT2D eigenvalue weighted by molar-refractivity contribution is 7.90. The van der Waals surface area contributed by atoms with Gasteiger partial charge in [-0.1, -0.05) is 32.0 Å². The number of nitrogens with one attached hydrogen (secondary N) is 1. The van der Waals surface area contributed by atoms with Gasteiger partial charge in [0.1, 0.15) is 11.5 Å². The van der Waals surface area contributed by atoms with E-state index in [9.17, 15) is 13.2 Å². The second-order valence-electron chi connectivity index (χ2n) is 7.61. The van der Waals surface area contributed by atoms with Crippen LogP contribution in [-0.2, 0) is 15.6 Å². The molecule has 0 atom stereocenters. The fourth-order valence-corrected chi connectivity index (χ4v) is 4.28. The molecule has 0 saturated heterocycles. The Balaban J connectivity index is 1.73. The zero-order valence-corrected chi connectivity index (χ0v) is 18.2. The standard InChI is InChI=1S/C23H26N2O4S/c1-16(2)13-14-24-22(26)18-9-11-19(12-10-18)23-25-21(17(3)29-23)15-30(27,28)20-7-5-4-6-8-20/h4-12,16H,13-15H2,1-3H3,(H,24,26). The van der Waals surface area contributed by atoms with E-state index in [4.69, 9.17) is 4.42 Å². The lowest BCUT2D eigenvalue weighted by molar-refractivity contribution is 0.0952. The Morgan fingerprint density at radius 1 is 1.07 bits per heavy atom. The van der Waals surface area contributed by atoms with Gasteiger partial charge in [0, 0.05) is 17.7 Å². The number of oxazole rings is 1. The van der Waals surface area contributed by atoms with Crippen molar-refractivity contribution in [3.63, 3.8) is 0 Å². The molecule has 0 spiro atoms. The first-order chi connectivity index (χ1) is 14.3. The Morgan fingerprint density at radius 2 is 1.73 bits per heavy atom. The Kier molecular flexibility index (Phi) is 6.72. The summed E-state index contributed by atoms with van der Waals surface area (Å²) in [4.78, 5) is 16.8. The van der Waals surface area contributed by atoms with Crippen LogP contribution in [0.15, 0.2) is 63.9 Å². The van der Waals surface area contributed by atoms with E-state index < -0.39 is 9.84 Å². The lowest BCUT2D eigenvalue weighted by Gasteiger charge is -2.07. The number of carbonyl (C=O) groups excluding carboxylic acids is 1. The van der Waals surface area contributed by atoms with Crippen LogP contribution in [0.25, 0.3) is 11.5 Å². The third kappa shape index (κ3) is 5.36. The van der Waals surface area contributed by atoms with Crippen molar-refractivity contribution in [1.29, 1.82) is 0 Å². The van der Waals surface area contributed by atoms with Gasteiger partial charge in [-0.15, -0.1) is 0 Å². The fourth-order valence-electron chi connectivity index (χ4n) is 2.92. The second-order valence-corrected chi connectivity index (χ2v) is 9.60. The average Bonchev–Trinajstić information content (AvgIpc) is 3.08. The van der Waals surface area contributed by atoms with E-state index in [0.29, 0.717) is 40.9 Å². The summed E-state index contributed by atoms with van der Waals surface area (Å²) in [5.74, 6) is 0.960. The smallest absolute Gasteiger partial charge is 0.251 e. The lowest BCUT2D eigenvalue weighted by Crippen LogP contribution is -2.25. The van der Waals surface area contributed by atoms with Crippen molar-refractivity contribution < 1.29 is 17.6 Å². The molecule has 3 rings (SSSR count). The van der Waals surface area contributed by atoms with Crippen LogP contribution in [-0.4, -0.2) is 25.9 Å². The number of sulfone groups is 1. The first-order valence-corrected chi connectivity index (χ1v) is 11.5. The predicted molar refractivity (Wildman–Crippen MR) is 116 cm³/mol. The van der Waals surface area contributed by atoms with Crippen LogP contribution in [0.1, 0.15) is 42.1 Å². The largest absolute Gasteiger partial charge is 0.441 e. The monoisotopic (exact) mass is 426 g/mol. The number of hydrogen-bond donors (Lipinski definition) is 1. The number of rotatable bonds is 8. The van der Waals surface area contributed by atoms with Crippen molar-refractivity contribution in [3.05, 3.63) is 71.6 Å². The van der Waals surface area contributed by atoms with Gasteiger partial charge in [0.25, 0.3) is 5.91 Å². The number of nitrogens with zero attached hydrogens (tertiary/aromatic N) is 1. The molecular weight excluding hydrogens is 400 g/mol. The maximum absolute atomic E-state index is 12.6. The van der Waals surface area contributed by atoms with Crippen LogP contribution in [0.4, 0.5) is 0 Å². The first-order valence-electron chi connectivity index (χ1n) is 9.89. The number of aryl methyl sites for hydroxylation is 1. The summed E-state index contributed by atoms with van der Waals surface area (Å²) < 4.78 is 30.9. The maximum Gasteiger partial charge on any atom is 0.251 e. The van der Waals surface area contributed by atoms with Crippen LogP contribution in [0.3, 0.4) is 0 Å². The van der Waals surface area contributed by atoms with Gasteiger partial charge in [-0.3, -0.25) is 4.79 Å². The minimum atomic E-state index is -3.51. The molecule has 2 aromatic carbocycles. The molecule has 6 nitrogen and oxygen atoms in total. The Hall–Kier alpha value is -2.93. The Labute approximate surface area is 177 Å². The van der Waals surface area contributed by atoms with E-state index in [1.165, 1.54) is 0 Å². The highest BCUT2D eigenvalue weighted by Gasteiger charge is 2.21. The summed E-state index contributed by atoms with van der Waals surface area (Å²) >= 11 is 0. The van der Waals surface area contributed by atoms with Gasteiger partial charge in [0.15, 0.2) is 9.84 Å². The fraction of sp³-hybridized carbons (Fsp3) is 0.304. The Bertz CT molecular complexity index is 1100. The highest BCUT2D eigenvalue weighted by atomic mass is 32.2. The minimum Gasteiger partial charge on any atom is -0.441 e. The molecule has 0 unspecified atom stereocenters. The number of hydrogen-bond acceptors (Lipinski definition) is 5. The molecule has 158 valence electrons. The molecule has 0 aliphatic heterocycles. The predicted octanol–water partition coefficient (Wildman–Crippen LogP) is 4.40. The number of benzene rings is 2. The van der Waals surface area contributed by atoms with Gasteiger partial charge < -0.3 is 9.73 Å². The third-order valence-electron chi connectivity index (χ3n) is 4.72. The van der Waals surface area contributed by atoms with Crippen LogP contribution in [0.2, 0.25) is 0 Å². The normalized spacial score (nSPS) is 11.6. The molecule has 1 aromatic heterocycles. The molecule has 0 aliphatic rings. The van der Waals surface area contributed by atoms with Crippen molar-refractivity contribution in [1.82, 2.24) is 10.3 Å². The molecule has 1 heterocycles. The summed E-state index contributed by atoms with van der Waals surface area (Å²) in [6.07, 6.45) is 0.925. The maximum atomic E-state index is 12.6. The molecule has 1 amide bonds. The van der Waals surface area contributed by atoms with Gasteiger partial charge in [-0.25, -0.2) is 13.4 Å². The van der Waals surface area contributed by atoms with Crippen molar-refractivity contribution in [2.75, 3.05) is 6.54 Å². The summed E-state index contributed by atoms with van der Waals surface area (Å²) in [7, 11) is -3.51. The van der Waals surface area contributed by atoms with Crippen LogP contribution in [0.5, 0.6) is 0 Å². The SMILES string of the molecule is Cc1oc(-c2ccc(C(=O)NCCC(C)C)cc2)nc1CS(=O)(=O)c1ccccc1. The summed E-state index contributed by atoms with van der Waals surface area (Å²) in [5, 5.41) is 2.90. The van der Waals surface area contributed by atoms with Gasteiger partial charge in [-0.05, 0) is 55.7 Å². The molecule has 7 heteroatoms. The summed E-state index contributed by atoms with van der Waals surface area (Å²) in [6.45, 7) is 6.55. The second kappa shape index (κ2) is 9.26. The van der Waals surface area contributed by atoms with Crippen molar-refractivity contribution in [3.8, 4) is 11.5 Å². The topological polar surface area (TPSA) is 89.3 Å². The first kappa shape index (κ1) is 21.8. The molecular formula is C23H26N2O4S. The molecule has 3 aromatic rings. The molecule has 0 radical (unpaired) electrons. The van der Waals surface area contributed by atoms with E-state index in [2.05, 4.69) is 24.1 Å². The summed E-state index contributed by atoms with van der Waals surface area (Å²) in [5.41, 5.74) is 1.61. The molecule has 1 N–H and O–H groups in total. The molecule has 0 fully saturated rings. The van der Waals surface area contributed by atoms with Gasteiger partial charge in [0.2, 0.25) is 5.89 Å². The minimum absolute atomic E-state index is 0.125. The third-order valence-corrected chi connectivity index (χ3v) is 6.37. The lowest BCUT2D eigenvalue weighted by atomic mass is 10.1. The van der Waals surface area contributed by atoms with Crippen molar-refractivity contribution >= 4 is 15.7 Å². The molecule has 30 heavy (non-hydrogen) atoms. The summed E-state index contributed by atoms with van der Waals surface area (Å²) in [6, 6.07) is 15.2. The quantitative estimate of drug-likeness (QED) is 0.577. The van der Waals surface area contributed by atoms with Crippen molar-refractivity contribution in [2.45, 2.75) is 37.8 Å². The van der Waals surface area contributed by atoms with Crippen molar-refractivity contribution in [2.24, 2.45) is 5.92 Å². The van der Waals surface area contributed by atoms with E-state index >= 15 is 0 Å². The van der Waals surface area contributed by atoms with Gasteiger partial charge >= 0.3 is 0 Å². The van der Waals surface area contributed by atoms with Crippen LogP contribution >= 0.6 is 0 Å². The molecule has 0 bridgehead atoms. The number of carbonyl (C=O) groups is 1. The molecule has 0 aliphatic carbocycles. The van der Waals surface area contributed by atoms with E-state index in [-0.39, 0.29) is 16.6 Å². The molecule has 0 saturated carbocycles.